The normalized spacial score (nSPS) is 23.1. The Morgan fingerprint density at radius 1 is 1.42 bits per heavy atom. The van der Waals surface area contributed by atoms with Gasteiger partial charge < -0.3 is 10.0 Å². The lowest BCUT2D eigenvalue weighted by molar-refractivity contribution is -0.384. The zero-order valence-corrected chi connectivity index (χ0v) is 11.5. The Morgan fingerprint density at radius 2 is 2.11 bits per heavy atom. The molecule has 104 valence electrons. The van der Waals surface area contributed by atoms with Crippen LogP contribution in [-0.2, 0) is 0 Å². The van der Waals surface area contributed by atoms with Gasteiger partial charge in [-0.15, -0.1) is 0 Å². The number of anilines is 1. The second-order valence-electron chi connectivity index (χ2n) is 4.92. The molecule has 1 aliphatic carbocycles. The van der Waals surface area contributed by atoms with E-state index in [0.29, 0.717) is 5.02 Å². The van der Waals surface area contributed by atoms with Crippen LogP contribution in [0.2, 0.25) is 5.02 Å². The zero-order valence-electron chi connectivity index (χ0n) is 10.8. The molecule has 2 rings (SSSR count). The molecule has 1 aromatic rings. The largest absolute Gasteiger partial charge is 0.391 e. The number of likely N-dealkylation sites (N-methyl/N-ethyl adjacent to an activating group) is 1. The summed E-state index contributed by atoms with van der Waals surface area (Å²) in [4.78, 5) is 12.1. The third-order valence-electron chi connectivity index (χ3n) is 3.71. The first kappa shape index (κ1) is 14.1. The van der Waals surface area contributed by atoms with Crippen LogP contribution in [0.5, 0.6) is 0 Å². The van der Waals surface area contributed by atoms with Crippen LogP contribution in [0.25, 0.3) is 0 Å². The van der Waals surface area contributed by atoms with Gasteiger partial charge in [-0.3, -0.25) is 10.1 Å². The summed E-state index contributed by atoms with van der Waals surface area (Å²) in [5.74, 6) is 0. The Hall–Kier alpha value is -1.33. The van der Waals surface area contributed by atoms with Crippen LogP contribution in [0, 0.1) is 10.1 Å². The van der Waals surface area contributed by atoms with Gasteiger partial charge in [0.15, 0.2) is 0 Å². The molecule has 0 spiro atoms. The highest BCUT2D eigenvalue weighted by molar-refractivity contribution is 6.33. The van der Waals surface area contributed by atoms with E-state index in [9.17, 15) is 15.2 Å². The quantitative estimate of drug-likeness (QED) is 0.684. The van der Waals surface area contributed by atoms with E-state index in [1.165, 1.54) is 12.1 Å². The highest BCUT2D eigenvalue weighted by Crippen LogP contribution is 2.33. The molecule has 0 heterocycles. The summed E-state index contributed by atoms with van der Waals surface area (Å²) in [7, 11) is 1.87. The Balaban J connectivity index is 2.23. The topological polar surface area (TPSA) is 66.6 Å². The van der Waals surface area contributed by atoms with Crippen molar-refractivity contribution in [1.29, 1.82) is 0 Å². The zero-order chi connectivity index (χ0) is 14.0. The maximum absolute atomic E-state index is 10.7. The van der Waals surface area contributed by atoms with Crippen LogP contribution in [0.3, 0.4) is 0 Å². The van der Waals surface area contributed by atoms with Crippen molar-refractivity contribution >= 4 is 23.0 Å². The summed E-state index contributed by atoms with van der Waals surface area (Å²) in [5.41, 5.74) is 0.699. The first-order valence-electron chi connectivity index (χ1n) is 6.35. The highest BCUT2D eigenvalue weighted by Gasteiger charge is 2.28. The summed E-state index contributed by atoms with van der Waals surface area (Å²) in [5, 5.41) is 21.1. The molecule has 0 bridgehead atoms. The van der Waals surface area contributed by atoms with Gasteiger partial charge >= 0.3 is 0 Å². The molecule has 2 unspecified atom stereocenters. The van der Waals surface area contributed by atoms with E-state index in [4.69, 9.17) is 11.6 Å². The summed E-state index contributed by atoms with van der Waals surface area (Å²) in [6, 6.07) is 4.45. The van der Waals surface area contributed by atoms with Crippen LogP contribution in [0.1, 0.15) is 25.7 Å². The van der Waals surface area contributed by atoms with Crippen molar-refractivity contribution in [2.75, 3.05) is 11.9 Å². The van der Waals surface area contributed by atoms with Crippen LogP contribution in [0.15, 0.2) is 18.2 Å². The van der Waals surface area contributed by atoms with Gasteiger partial charge in [-0.25, -0.2) is 0 Å². The van der Waals surface area contributed by atoms with Crippen molar-refractivity contribution in [2.45, 2.75) is 37.8 Å². The van der Waals surface area contributed by atoms with E-state index in [1.54, 1.807) is 6.07 Å². The number of hydrogen-bond donors (Lipinski definition) is 1. The average molecular weight is 285 g/mol. The molecule has 1 N–H and O–H groups in total. The summed E-state index contributed by atoms with van der Waals surface area (Å²) in [6.45, 7) is 0. The fourth-order valence-corrected chi connectivity index (χ4v) is 2.93. The number of non-ortho nitro benzene ring substituents is 1. The molecule has 6 heteroatoms. The first-order chi connectivity index (χ1) is 9.00. The van der Waals surface area contributed by atoms with Gasteiger partial charge in [0.2, 0.25) is 0 Å². The first-order valence-corrected chi connectivity index (χ1v) is 6.73. The molecule has 1 fully saturated rings. The molecular weight excluding hydrogens is 268 g/mol. The molecule has 0 amide bonds. The van der Waals surface area contributed by atoms with Gasteiger partial charge in [0.05, 0.1) is 27.8 Å². The predicted molar refractivity (Wildman–Crippen MR) is 74.8 cm³/mol. The number of halogens is 1. The Labute approximate surface area is 116 Å². The third-order valence-corrected chi connectivity index (χ3v) is 4.02. The Bertz CT molecular complexity index is 481. The Morgan fingerprint density at radius 3 is 2.68 bits per heavy atom. The van der Waals surface area contributed by atoms with E-state index in [2.05, 4.69) is 0 Å². The number of aliphatic hydroxyl groups is 1. The van der Waals surface area contributed by atoms with Crippen molar-refractivity contribution in [3.63, 3.8) is 0 Å². The molecule has 0 radical (unpaired) electrons. The molecule has 2 atom stereocenters. The van der Waals surface area contributed by atoms with Gasteiger partial charge in [0.25, 0.3) is 5.69 Å². The fourth-order valence-electron chi connectivity index (χ4n) is 2.62. The van der Waals surface area contributed by atoms with Gasteiger partial charge in [-0.2, -0.15) is 0 Å². The van der Waals surface area contributed by atoms with Crippen molar-refractivity contribution in [2.24, 2.45) is 0 Å². The predicted octanol–water partition coefficient (Wildman–Crippen LogP) is 2.99. The third kappa shape index (κ3) is 2.98. The molecule has 5 nitrogen and oxygen atoms in total. The van der Waals surface area contributed by atoms with Crippen molar-refractivity contribution in [3.05, 3.63) is 33.3 Å². The minimum Gasteiger partial charge on any atom is -0.391 e. The minimum absolute atomic E-state index is 0.0210. The standard InChI is InChI=1S/C13H17ClN2O3/c1-15(12-4-2-3-5-13(12)17)11-7-6-9(16(18)19)8-10(11)14/h6-8,12-13,17H,2-5H2,1H3. The van der Waals surface area contributed by atoms with Crippen molar-refractivity contribution in [3.8, 4) is 0 Å². The lowest BCUT2D eigenvalue weighted by atomic mass is 9.91. The molecule has 1 saturated carbocycles. The SMILES string of the molecule is CN(c1ccc([N+](=O)[O-])cc1Cl)C1CCCCC1O. The number of nitro groups is 1. The molecule has 0 aliphatic heterocycles. The van der Waals surface area contributed by atoms with Crippen molar-refractivity contribution < 1.29 is 10.0 Å². The van der Waals surface area contributed by atoms with E-state index < -0.39 is 4.92 Å². The summed E-state index contributed by atoms with van der Waals surface area (Å²) in [6.07, 6.45) is 3.45. The van der Waals surface area contributed by atoms with Crippen LogP contribution in [-0.4, -0.2) is 29.2 Å². The van der Waals surface area contributed by atoms with Crippen molar-refractivity contribution in [1.82, 2.24) is 0 Å². The lowest BCUT2D eigenvalue weighted by Gasteiger charge is -2.37. The van der Waals surface area contributed by atoms with Gasteiger partial charge in [0.1, 0.15) is 0 Å². The second kappa shape index (κ2) is 5.75. The molecule has 0 aromatic heterocycles. The Kier molecular flexibility index (Phi) is 4.27. The number of nitro benzene ring substituents is 1. The van der Waals surface area contributed by atoms with Gasteiger partial charge in [-0.05, 0) is 18.9 Å². The smallest absolute Gasteiger partial charge is 0.271 e. The lowest BCUT2D eigenvalue weighted by Crippen LogP contribution is -2.43. The van der Waals surface area contributed by atoms with Crippen LogP contribution in [0.4, 0.5) is 11.4 Å². The monoisotopic (exact) mass is 284 g/mol. The van der Waals surface area contributed by atoms with E-state index >= 15 is 0 Å². The van der Waals surface area contributed by atoms with Crippen LogP contribution >= 0.6 is 11.6 Å². The molecule has 19 heavy (non-hydrogen) atoms. The highest BCUT2D eigenvalue weighted by atomic mass is 35.5. The average Bonchev–Trinajstić information content (AvgIpc) is 2.38. The summed E-state index contributed by atoms with van der Waals surface area (Å²) < 4.78 is 0. The number of rotatable bonds is 3. The van der Waals surface area contributed by atoms with Gasteiger partial charge in [0, 0.05) is 19.2 Å². The van der Waals surface area contributed by atoms with E-state index in [0.717, 1.165) is 31.4 Å². The maximum Gasteiger partial charge on any atom is 0.271 e. The maximum atomic E-state index is 10.7. The number of nitrogens with zero attached hydrogens (tertiary/aromatic N) is 2. The molecule has 1 aliphatic rings. The minimum atomic E-state index is -0.467. The second-order valence-corrected chi connectivity index (χ2v) is 5.33. The molecule has 1 aromatic carbocycles. The number of hydrogen-bond acceptors (Lipinski definition) is 4. The molecular formula is C13H17ClN2O3. The number of aliphatic hydroxyl groups excluding tert-OH is 1. The summed E-state index contributed by atoms with van der Waals surface area (Å²) >= 11 is 6.11. The number of benzene rings is 1. The van der Waals surface area contributed by atoms with Gasteiger partial charge in [-0.1, -0.05) is 24.4 Å². The van der Waals surface area contributed by atoms with E-state index in [-0.39, 0.29) is 17.8 Å². The van der Waals surface area contributed by atoms with Crippen LogP contribution < -0.4 is 4.90 Å². The molecule has 0 saturated heterocycles. The van der Waals surface area contributed by atoms with E-state index in [1.807, 2.05) is 11.9 Å². The fraction of sp³-hybridized carbons (Fsp3) is 0.538.